The monoisotopic (exact) mass is 273 g/mol. The third kappa shape index (κ3) is 2.82. The van der Waals surface area contributed by atoms with Gasteiger partial charge in [0.15, 0.2) is 0 Å². The first-order valence-electron chi connectivity index (χ1n) is 6.42. The van der Waals surface area contributed by atoms with Crippen molar-refractivity contribution >= 4 is 11.7 Å². The molecule has 0 aliphatic carbocycles. The van der Waals surface area contributed by atoms with Crippen LogP contribution in [0.4, 0.5) is 5.69 Å². The summed E-state index contributed by atoms with van der Waals surface area (Å²) in [7, 11) is 1.82. The van der Waals surface area contributed by atoms with E-state index in [0.29, 0.717) is 11.3 Å². The second-order valence-corrected chi connectivity index (χ2v) is 5.00. The van der Waals surface area contributed by atoms with Gasteiger partial charge in [-0.25, -0.2) is 4.79 Å². The van der Waals surface area contributed by atoms with Gasteiger partial charge in [-0.1, -0.05) is 6.07 Å². The summed E-state index contributed by atoms with van der Waals surface area (Å²) >= 11 is 0. The van der Waals surface area contributed by atoms with Gasteiger partial charge in [0.05, 0.1) is 17.0 Å². The van der Waals surface area contributed by atoms with Gasteiger partial charge in [0.25, 0.3) is 0 Å². The molecule has 0 aliphatic heterocycles. The molecule has 0 amide bonds. The van der Waals surface area contributed by atoms with E-state index < -0.39 is 0 Å². The third-order valence-corrected chi connectivity index (χ3v) is 3.28. The molecular weight excluding hydrogens is 254 g/mol. The van der Waals surface area contributed by atoms with Crippen LogP contribution in [0, 0.1) is 20.8 Å². The summed E-state index contributed by atoms with van der Waals surface area (Å²) in [6.45, 7) is 5.88. The average molecular weight is 273 g/mol. The van der Waals surface area contributed by atoms with E-state index in [4.69, 9.17) is 10.5 Å². The van der Waals surface area contributed by atoms with Crippen LogP contribution in [0.25, 0.3) is 0 Å². The van der Waals surface area contributed by atoms with Crippen molar-refractivity contribution in [3.63, 3.8) is 0 Å². The van der Waals surface area contributed by atoms with Crippen LogP contribution < -0.4 is 5.73 Å². The van der Waals surface area contributed by atoms with Gasteiger partial charge in [0.1, 0.15) is 6.61 Å². The molecule has 1 heterocycles. The Kier molecular flexibility index (Phi) is 3.79. The molecule has 0 spiro atoms. The van der Waals surface area contributed by atoms with Crippen molar-refractivity contribution in [2.24, 2.45) is 7.05 Å². The number of carbonyl (C=O) groups excluding carboxylic acids is 1. The molecule has 5 heteroatoms. The lowest BCUT2D eigenvalue weighted by Crippen LogP contribution is -2.10. The Morgan fingerprint density at radius 3 is 2.55 bits per heavy atom. The van der Waals surface area contributed by atoms with Crippen LogP contribution >= 0.6 is 0 Å². The van der Waals surface area contributed by atoms with Crippen LogP contribution in [-0.4, -0.2) is 15.7 Å². The first kappa shape index (κ1) is 14.1. The van der Waals surface area contributed by atoms with Gasteiger partial charge < -0.3 is 10.5 Å². The molecule has 20 heavy (non-hydrogen) atoms. The fourth-order valence-electron chi connectivity index (χ4n) is 2.11. The quantitative estimate of drug-likeness (QED) is 0.688. The predicted molar refractivity (Wildman–Crippen MR) is 77.4 cm³/mol. The second-order valence-electron chi connectivity index (χ2n) is 5.00. The number of rotatable bonds is 3. The summed E-state index contributed by atoms with van der Waals surface area (Å²) in [4.78, 5) is 12.1. The van der Waals surface area contributed by atoms with Crippen molar-refractivity contribution in [3.8, 4) is 0 Å². The van der Waals surface area contributed by atoms with Crippen molar-refractivity contribution in [1.82, 2.24) is 9.78 Å². The van der Waals surface area contributed by atoms with E-state index in [2.05, 4.69) is 5.10 Å². The number of hydrogen-bond donors (Lipinski definition) is 1. The third-order valence-electron chi connectivity index (χ3n) is 3.28. The molecule has 5 nitrogen and oxygen atoms in total. The number of carbonyl (C=O) groups is 1. The molecule has 0 radical (unpaired) electrons. The summed E-state index contributed by atoms with van der Waals surface area (Å²) in [5, 5.41) is 4.21. The molecular formula is C15H19N3O2. The Hall–Kier alpha value is -2.30. The highest BCUT2D eigenvalue weighted by atomic mass is 16.5. The van der Waals surface area contributed by atoms with Crippen LogP contribution in [0.15, 0.2) is 18.2 Å². The Labute approximate surface area is 118 Å². The first-order chi connectivity index (χ1) is 9.38. The van der Waals surface area contributed by atoms with Crippen LogP contribution in [0.1, 0.15) is 32.9 Å². The maximum atomic E-state index is 12.1. The van der Waals surface area contributed by atoms with Crippen LogP contribution in [0.5, 0.6) is 0 Å². The van der Waals surface area contributed by atoms with Crippen molar-refractivity contribution in [2.75, 3.05) is 5.73 Å². The van der Waals surface area contributed by atoms with Gasteiger partial charge in [-0.15, -0.1) is 0 Å². The van der Waals surface area contributed by atoms with E-state index in [1.807, 2.05) is 40.0 Å². The Morgan fingerprint density at radius 1 is 1.25 bits per heavy atom. The summed E-state index contributed by atoms with van der Waals surface area (Å²) in [6, 6.07) is 5.45. The Bertz CT molecular complexity index is 659. The number of ether oxygens (including phenoxy) is 1. The van der Waals surface area contributed by atoms with Gasteiger partial charge in [0, 0.05) is 12.7 Å². The van der Waals surface area contributed by atoms with Crippen molar-refractivity contribution in [3.05, 3.63) is 46.3 Å². The highest BCUT2D eigenvalue weighted by molar-refractivity contribution is 5.92. The van der Waals surface area contributed by atoms with E-state index in [1.54, 1.807) is 10.7 Å². The number of nitrogens with two attached hydrogens (primary N) is 1. The molecule has 2 rings (SSSR count). The smallest absolute Gasteiger partial charge is 0.338 e. The summed E-state index contributed by atoms with van der Waals surface area (Å²) in [6.07, 6.45) is 0. The molecule has 0 unspecified atom stereocenters. The first-order valence-corrected chi connectivity index (χ1v) is 6.42. The van der Waals surface area contributed by atoms with Gasteiger partial charge in [0.2, 0.25) is 0 Å². The van der Waals surface area contributed by atoms with E-state index in [9.17, 15) is 4.79 Å². The van der Waals surface area contributed by atoms with Gasteiger partial charge in [-0.2, -0.15) is 5.10 Å². The lowest BCUT2D eigenvalue weighted by atomic mass is 10.0. The Morgan fingerprint density at radius 2 is 1.95 bits per heavy atom. The SMILES string of the molecule is Cc1cc(COC(=O)c2cc(N)c(C)cc2C)n(C)n1. The number of nitrogens with zero attached hydrogens (tertiary/aromatic N) is 2. The minimum absolute atomic E-state index is 0.198. The molecule has 0 saturated heterocycles. The normalized spacial score (nSPS) is 10.6. The highest BCUT2D eigenvalue weighted by Crippen LogP contribution is 2.19. The molecule has 0 atom stereocenters. The summed E-state index contributed by atoms with van der Waals surface area (Å²) < 4.78 is 7.04. The van der Waals surface area contributed by atoms with Crippen LogP contribution in [0.2, 0.25) is 0 Å². The summed E-state index contributed by atoms with van der Waals surface area (Å²) in [5.74, 6) is -0.368. The lowest BCUT2D eigenvalue weighted by Gasteiger charge is -2.10. The van der Waals surface area contributed by atoms with E-state index in [0.717, 1.165) is 22.5 Å². The van der Waals surface area contributed by atoms with Gasteiger partial charge in [-0.3, -0.25) is 4.68 Å². The standard InChI is InChI=1S/C15H19N3O2/c1-9-5-10(2)14(16)7-13(9)15(19)20-8-12-6-11(3)17-18(12)4/h5-7H,8,16H2,1-4H3. The average Bonchev–Trinajstić information content (AvgIpc) is 2.69. The minimum atomic E-state index is -0.368. The van der Waals surface area contributed by atoms with Crippen LogP contribution in [-0.2, 0) is 18.4 Å². The van der Waals surface area contributed by atoms with Gasteiger partial charge in [-0.05, 0) is 44.0 Å². The predicted octanol–water partition coefficient (Wildman–Crippen LogP) is 2.28. The molecule has 1 aromatic carbocycles. The largest absolute Gasteiger partial charge is 0.456 e. The zero-order valence-electron chi connectivity index (χ0n) is 12.2. The minimum Gasteiger partial charge on any atom is -0.456 e. The van der Waals surface area contributed by atoms with Crippen molar-refractivity contribution in [1.29, 1.82) is 0 Å². The van der Waals surface area contributed by atoms with E-state index >= 15 is 0 Å². The molecule has 1 aromatic heterocycles. The number of esters is 1. The zero-order chi connectivity index (χ0) is 14.9. The van der Waals surface area contributed by atoms with Gasteiger partial charge >= 0.3 is 5.97 Å². The molecule has 2 N–H and O–H groups in total. The van der Waals surface area contributed by atoms with Crippen LogP contribution in [0.3, 0.4) is 0 Å². The number of anilines is 1. The van der Waals surface area contributed by atoms with E-state index in [1.165, 1.54) is 0 Å². The fraction of sp³-hybridized carbons (Fsp3) is 0.333. The number of aryl methyl sites for hydroxylation is 4. The zero-order valence-corrected chi connectivity index (χ0v) is 12.2. The fourth-order valence-corrected chi connectivity index (χ4v) is 2.11. The maximum Gasteiger partial charge on any atom is 0.338 e. The molecule has 106 valence electrons. The number of aromatic nitrogens is 2. The molecule has 0 saturated carbocycles. The topological polar surface area (TPSA) is 70.1 Å². The maximum absolute atomic E-state index is 12.1. The Balaban J connectivity index is 2.13. The second kappa shape index (κ2) is 5.36. The highest BCUT2D eigenvalue weighted by Gasteiger charge is 2.13. The number of benzene rings is 1. The molecule has 0 aliphatic rings. The lowest BCUT2D eigenvalue weighted by molar-refractivity contribution is 0.0462. The molecule has 2 aromatic rings. The number of nitrogen functional groups attached to an aromatic ring is 1. The van der Waals surface area contributed by atoms with Crippen molar-refractivity contribution < 1.29 is 9.53 Å². The molecule has 0 bridgehead atoms. The summed E-state index contributed by atoms with van der Waals surface area (Å²) in [5.41, 5.74) is 10.5. The van der Waals surface area contributed by atoms with Crippen molar-refractivity contribution in [2.45, 2.75) is 27.4 Å². The molecule has 0 fully saturated rings. The number of hydrogen-bond acceptors (Lipinski definition) is 4. The van der Waals surface area contributed by atoms with E-state index in [-0.39, 0.29) is 12.6 Å².